The second kappa shape index (κ2) is 5.70. The Labute approximate surface area is 138 Å². The number of hydrogen-bond donors (Lipinski definition) is 0. The number of hydrogen-bond acceptors (Lipinski definition) is 5. The first-order valence-corrected chi connectivity index (χ1v) is 7.91. The second-order valence-electron chi connectivity index (χ2n) is 5.66. The van der Waals surface area contributed by atoms with Crippen LogP contribution < -0.4 is 9.64 Å². The molecule has 1 saturated heterocycles. The van der Waals surface area contributed by atoms with Crippen molar-refractivity contribution in [3.8, 4) is 5.75 Å². The summed E-state index contributed by atoms with van der Waals surface area (Å²) >= 11 is 6.01. The Bertz CT molecular complexity index is 849. The molecule has 118 valence electrons. The quantitative estimate of drug-likeness (QED) is 0.739. The van der Waals surface area contributed by atoms with Gasteiger partial charge in [-0.1, -0.05) is 17.7 Å². The molecule has 2 aromatic heterocycles. The number of aromatic nitrogens is 4. The molecule has 4 rings (SSSR count). The van der Waals surface area contributed by atoms with Gasteiger partial charge < -0.3 is 9.64 Å². The molecule has 6 nitrogen and oxygen atoms in total. The molecule has 0 spiro atoms. The predicted molar refractivity (Wildman–Crippen MR) is 88.2 cm³/mol. The van der Waals surface area contributed by atoms with Crippen LogP contribution in [0.3, 0.4) is 0 Å². The summed E-state index contributed by atoms with van der Waals surface area (Å²) < 4.78 is 7.82. The highest BCUT2D eigenvalue weighted by Crippen LogP contribution is 2.25. The topological polar surface area (TPSA) is 55.6 Å². The van der Waals surface area contributed by atoms with Crippen LogP contribution in [0.5, 0.6) is 5.75 Å². The van der Waals surface area contributed by atoms with E-state index in [-0.39, 0.29) is 6.10 Å². The largest absolute Gasteiger partial charge is 0.488 e. The van der Waals surface area contributed by atoms with Crippen molar-refractivity contribution in [1.29, 1.82) is 0 Å². The average molecular weight is 330 g/mol. The van der Waals surface area contributed by atoms with E-state index in [0.717, 1.165) is 36.8 Å². The van der Waals surface area contributed by atoms with Gasteiger partial charge in [0.2, 0.25) is 0 Å². The minimum Gasteiger partial charge on any atom is -0.488 e. The summed E-state index contributed by atoms with van der Waals surface area (Å²) in [4.78, 5) is 10.8. The maximum absolute atomic E-state index is 6.04. The summed E-state index contributed by atoms with van der Waals surface area (Å²) in [7, 11) is 0. The zero-order chi connectivity index (χ0) is 15.8. The van der Waals surface area contributed by atoms with Crippen molar-refractivity contribution in [3.05, 3.63) is 47.4 Å². The third-order valence-electron chi connectivity index (χ3n) is 3.93. The Morgan fingerprint density at radius 1 is 1.30 bits per heavy atom. The lowest BCUT2D eigenvalue weighted by atomic mass is 10.3. The fourth-order valence-corrected chi connectivity index (χ4v) is 3.08. The number of halogens is 1. The number of anilines is 1. The van der Waals surface area contributed by atoms with Crippen LogP contribution in [0.2, 0.25) is 5.02 Å². The van der Waals surface area contributed by atoms with Crippen molar-refractivity contribution >= 4 is 23.2 Å². The molecular formula is C16H16ClN5O. The average Bonchev–Trinajstić information content (AvgIpc) is 3.15. The molecule has 1 aliphatic rings. The highest BCUT2D eigenvalue weighted by molar-refractivity contribution is 6.30. The summed E-state index contributed by atoms with van der Waals surface area (Å²) in [6.45, 7) is 3.67. The summed E-state index contributed by atoms with van der Waals surface area (Å²) in [6.07, 6.45) is 2.60. The molecular weight excluding hydrogens is 314 g/mol. The first-order valence-electron chi connectivity index (χ1n) is 7.53. The molecule has 3 heterocycles. The molecule has 1 atom stereocenters. The molecule has 1 unspecified atom stereocenters. The fraction of sp³-hybridized carbons (Fsp3) is 0.312. The van der Waals surface area contributed by atoms with E-state index in [1.807, 2.05) is 37.3 Å². The van der Waals surface area contributed by atoms with Crippen LogP contribution in [0.4, 0.5) is 5.82 Å². The van der Waals surface area contributed by atoms with Crippen molar-refractivity contribution in [2.24, 2.45) is 0 Å². The van der Waals surface area contributed by atoms with Gasteiger partial charge in [-0.2, -0.15) is 14.6 Å². The predicted octanol–water partition coefficient (Wildman–Crippen LogP) is 2.74. The SMILES string of the molecule is Cc1cc(N2CCC(Oc3cccc(Cl)c3)C2)n2ncnc2n1. The van der Waals surface area contributed by atoms with Gasteiger partial charge >= 0.3 is 0 Å². The van der Waals surface area contributed by atoms with E-state index < -0.39 is 0 Å². The van der Waals surface area contributed by atoms with Crippen molar-refractivity contribution in [1.82, 2.24) is 19.6 Å². The standard InChI is InChI=1S/C16H16ClN5O/c1-11-7-15(22-16(20-11)18-10-19-22)21-6-5-14(9-21)23-13-4-2-3-12(17)8-13/h2-4,7-8,10,14H,5-6,9H2,1H3. The minimum absolute atomic E-state index is 0.125. The van der Waals surface area contributed by atoms with Crippen LogP contribution >= 0.6 is 11.6 Å². The molecule has 23 heavy (non-hydrogen) atoms. The Balaban J connectivity index is 1.54. The molecule has 0 amide bonds. The van der Waals surface area contributed by atoms with E-state index >= 15 is 0 Å². The van der Waals surface area contributed by atoms with Crippen molar-refractivity contribution in [2.45, 2.75) is 19.4 Å². The van der Waals surface area contributed by atoms with Crippen molar-refractivity contribution in [3.63, 3.8) is 0 Å². The molecule has 0 saturated carbocycles. The Morgan fingerprint density at radius 2 is 2.22 bits per heavy atom. The van der Waals surface area contributed by atoms with Crippen molar-refractivity contribution < 1.29 is 4.74 Å². The van der Waals surface area contributed by atoms with E-state index in [9.17, 15) is 0 Å². The Hall–Kier alpha value is -2.34. The monoisotopic (exact) mass is 329 g/mol. The lowest BCUT2D eigenvalue weighted by molar-refractivity contribution is 0.225. The molecule has 0 aliphatic carbocycles. The van der Waals surface area contributed by atoms with Crippen LogP contribution in [0, 0.1) is 6.92 Å². The number of rotatable bonds is 3. The molecule has 1 aliphatic heterocycles. The van der Waals surface area contributed by atoms with Gasteiger partial charge in [0.15, 0.2) is 0 Å². The molecule has 0 radical (unpaired) electrons. The third-order valence-corrected chi connectivity index (χ3v) is 4.16. The lowest BCUT2D eigenvalue weighted by Gasteiger charge is -2.19. The normalized spacial score (nSPS) is 17.8. The summed E-state index contributed by atoms with van der Waals surface area (Å²) in [5.74, 6) is 2.43. The third kappa shape index (κ3) is 2.82. The van der Waals surface area contributed by atoms with Crippen LogP contribution in [0.15, 0.2) is 36.7 Å². The molecule has 1 fully saturated rings. The van der Waals surface area contributed by atoms with Crippen molar-refractivity contribution in [2.75, 3.05) is 18.0 Å². The Morgan fingerprint density at radius 3 is 3.09 bits per heavy atom. The highest BCUT2D eigenvalue weighted by Gasteiger charge is 2.26. The number of ether oxygens (including phenoxy) is 1. The highest BCUT2D eigenvalue weighted by atomic mass is 35.5. The van der Waals surface area contributed by atoms with E-state index in [4.69, 9.17) is 16.3 Å². The van der Waals surface area contributed by atoms with Gasteiger partial charge in [0.1, 0.15) is 24.0 Å². The van der Waals surface area contributed by atoms with Crippen LogP contribution in [-0.4, -0.2) is 38.8 Å². The smallest absolute Gasteiger partial charge is 0.254 e. The maximum atomic E-state index is 6.04. The van der Waals surface area contributed by atoms with Gasteiger partial charge in [-0.3, -0.25) is 0 Å². The van der Waals surface area contributed by atoms with Gasteiger partial charge in [0.25, 0.3) is 5.78 Å². The zero-order valence-electron chi connectivity index (χ0n) is 12.7. The molecule has 1 aromatic carbocycles. The molecule has 7 heteroatoms. The van der Waals surface area contributed by atoms with Crippen LogP contribution in [0.1, 0.15) is 12.1 Å². The van der Waals surface area contributed by atoms with Gasteiger partial charge in [-0.15, -0.1) is 0 Å². The van der Waals surface area contributed by atoms with Gasteiger partial charge in [-0.25, -0.2) is 4.98 Å². The minimum atomic E-state index is 0.125. The summed E-state index contributed by atoms with van der Waals surface area (Å²) in [5.41, 5.74) is 0.930. The van der Waals surface area contributed by atoms with E-state index in [1.54, 1.807) is 4.52 Å². The second-order valence-corrected chi connectivity index (χ2v) is 6.10. The zero-order valence-corrected chi connectivity index (χ0v) is 13.4. The summed E-state index contributed by atoms with van der Waals surface area (Å²) in [6, 6.07) is 9.55. The number of fused-ring (bicyclic) bond motifs is 1. The number of aryl methyl sites for hydroxylation is 1. The van der Waals surface area contributed by atoms with Gasteiger partial charge in [0.05, 0.1) is 6.54 Å². The summed E-state index contributed by atoms with van der Waals surface area (Å²) in [5, 5.41) is 4.95. The number of nitrogens with zero attached hydrogens (tertiary/aromatic N) is 5. The fourth-order valence-electron chi connectivity index (χ4n) is 2.90. The Kier molecular flexibility index (Phi) is 3.53. The first kappa shape index (κ1) is 14.3. The molecule has 0 N–H and O–H groups in total. The van der Waals surface area contributed by atoms with Crippen LogP contribution in [0.25, 0.3) is 5.78 Å². The number of benzene rings is 1. The maximum Gasteiger partial charge on any atom is 0.254 e. The van der Waals surface area contributed by atoms with Gasteiger partial charge in [-0.05, 0) is 25.1 Å². The first-order chi connectivity index (χ1) is 11.2. The van der Waals surface area contributed by atoms with Crippen LogP contribution in [-0.2, 0) is 0 Å². The van der Waals surface area contributed by atoms with E-state index in [2.05, 4.69) is 20.0 Å². The van der Waals surface area contributed by atoms with Gasteiger partial charge in [0, 0.05) is 29.7 Å². The van der Waals surface area contributed by atoms with E-state index in [1.165, 1.54) is 6.33 Å². The molecule has 0 bridgehead atoms. The lowest BCUT2D eigenvalue weighted by Crippen LogP contribution is -2.26. The van der Waals surface area contributed by atoms with E-state index in [0.29, 0.717) is 10.8 Å². The molecule has 3 aromatic rings.